The first kappa shape index (κ1) is 16.0. The Hall–Kier alpha value is -1.42. The van der Waals surface area contributed by atoms with Crippen molar-refractivity contribution >= 4 is 21.7 Å². The number of hydrogen-bond acceptors (Lipinski definition) is 3. The summed E-state index contributed by atoms with van der Waals surface area (Å²) >= 11 is 3.58. The molecule has 3 nitrogen and oxygen atoms in total. The Morgan fingerprint density at radius 3 is 2.43 bits per heavy atom. The normalized spacial score (nSPS) is 11.5. The van der Waals surface area contributed by atoms with Crippen LogP contribution >= 0.6 is 15.9 Å². The summed E-state index contributed by atoms with van der Waals surface area (Å²) in [6.45, 7) is 9.38. The molecule has 0 aliphatic rings. The van der Waals surface area contributed by atoms with Crippen LogP contribution in [-0.2, 0) is 5.41 Å². The van der Waals surface area contributed by atoms with E-state index in [2.05, 4.69) is 66.3 Å². The predicted molar refractivity (Wildman–Crippen MR) is 91.8 cm³/mol. The maximum Gasteiger partial charge on any atom is 0.144 e. The second kappa shape index (κ2) is 6.56. The Kier molecular flexibility index (Phi) is 4.99. The minimum Gasteiger partial charge on any atom is -0.369 e. The molecule has 2 rings (SSSR count). The van der Waals surface area contributed by atoms with Gasteiger partial charge in [0.1, 0.15) is 11.6 Å². The number of benzene rings is 1. The van der Waals surface area contributed by atoms with Crippen LogP contribution in [0.15, 0.2) is 34.8 Å². The van der Waals surface area contributed by atoms with Gasteiger partial charge in [-0.15, -0.1) is 0 Å². The molecule has 1 heterocycles. The van der Waals surface area contributed by atoms with Crippen molar-refractivity contribution in [2.45, 2.75) is 39.5 Å². The number of aryl methyl sites for hydroxylation is 1. The Bertz CT molecular complexity index is 609. The van der Waals surface area contributed by atoms with Gasteiger partial charge in [0.15, 0.2) is 0 Å². The van der Waals surface area contributed by atoms with E-state index in [9.17, 15) is 0 Å². The van der Waals surface area contributed by atoms with Gasteiger partial charge >= 0.3 is 0 Å². The van der Waals surface area contributed by atoms with E-state index in [1.54, 1.807) is 0 Å². The van der Waals surface area contributed by atoms with Crippen molar-refractivity contribution in [2.75, 3.05) is 11.9 Å². The molecule has 2 aromatic rings. The second-order valence-electron chi connectivity index (χ2n) is 5.71. The van der Waals surface area contributed by atoms with Crippen LogP contribution in [0.4, 0.5) is 5.82 Å². The lowest BCUT2D eigenvalue weighted by atomic mass is 9.83. The lowest BCUT2D eigenvalue weighted by Gasteiger charge is -2.25. The van der Waals surface area contributed by atoms with Crippen molar-refractivity contribution in [3.63, 3.8) is 0 Å². The van der Waals surface area contributed by atoms with E-state index in [0.717, 1.165) is 34.8 Å². The molecule has 0 aliphatic heterocycles. The molecule has 0 saturated carbocycles. The molecule has 112 valence electrons. The molecule has 1 aromatic carbocycles. The van der Waals surface area contributed by atoms with Crippen LogP contribution in [0.25, 0.3) is 0 Å². The standard InChI is InChI=1S/C17H22BrN3/c1-5-11-19-15-14(18)12(2)20-16(21-15)17(3,4)13-9-7-6-8-10-13/h6-10H,5,11H2,1-4H3,(H,19,20,21). The quantitative estimate of drug-likeness (QED) is 0.851. The van der Waals surface area contributed by atoms with Crippen LogP contribution in [0.3, 0.4) is 0 Å². The van der Waals surface area contributed by atoms with E-state index >= 15 is 0 Å². The highest BCUT2D eigenvalue weighted by atomic mass is 79.9. The van der Waals surface area contributed by atoms with Crippen LogP contribution in [0.5, 0.6) is 0 Å². The maximum atomic E-state index is 4.75. The molecular weight excluding hydrogens is 326 g/mol. The molecule has 0 bridgehead atoms. The zero-order valence-electron chi connectivity index (χ0n) is 13.1. The molecule has 0 radical (unpaired) electrons. The molecule has 0 atom stereocenters. The topological polar surface area (TPSA) is 37.8 Å². The summed E-state index contributed by atoms with van der Waals surface area (Å²) in [5.41, 5.74) is 1.95. The third kappa shape index (κ3) is 3.43. The molecule has 1 N–H and O–H groups in total. The van der Waals surface area contributed by atoms with Crippen molar-refractivity contribution in [2.24, 2.45) is 0 Å². The maximum absolute atomic E-state index is 4.75. The summed E-state index contributed by atoms with van der Waals surface area (Å²) < 4.78 is 0.948. The number of nitrogens with zero attached hydrogens (tertiary/aromatic N) is 2. The molecule has 4 heteroatoms. The SMILES string of the molecule is CCCNc1nc(C(C)(C)c2ccccc2)nc(C)c1Br. The summed E-state index contributed by atoms with van der Waals surface area (Å²) in [5.74, 6) is 1.72. The van der Waals surface area contributed by atoms with E-state index in [1.165, 1.54) is 5.56 Å². The number of rotatable bonds is 5. The van der Waals surface area contributed by atoms with Gasteiger partial charge in [0, 0.05) is 12.0 Å². The fourth-order valence-corrected chi connectivity index (χ4v) is 2.50. The van der Waals surface area contributed by atoms with Gasteiger partial charge in [0.05, 0.1) is 10.2 Å². The molecule has 21 heavy (non-hydrogen) atoms. The highest BCUT2D eigenvalue weighted by Gasteiger charge is 2.27. The first-order chi connectivity index (χ1) is 9.96. The molecule has 0 fully saturated rings. The number of halogens is 1. The third-order valence-electron chi connectivity index (χ3n) is 3.61. The molecule has 0 amide bonds. The third-order valence-corrected chi connectivity index (χ3v) is 4.56. The summed E-state index contributed by atoms with van der Waals surface area (Å²) in [7, 11) is 0. The fourth-order valence-electron chi connectivity index (χ4n) is 2.18. The Balaban J connectivity index is 2.46. The van der Waals surface area contributed by atoms with E-state index in [1.807, 2.05) is 13.0 Å². The van der Waals surface area contributed by atoms with Crippen molar-refractivity contribution in [1.82, 2.24) is 9.97 Å². The first-order valence-corrected chi connectivity index (χ1v) is 8.10. The van der Waals surface area contributed by atoms with Crippen molar-refractivity contribution < 1.29 is 0 Å². The van der Waals surface area contributed by atoms with Crippen molar-refractivity contribution in [3.8, 4) is 0 Å². The van der Waals surface area contributed by atoms with Gasteiger partial charge in [0.25, 0.3) is 0 Å². The van der Waals surface area contributed by atoms with Gasteiger partial charge in [-0.05, 0) is 48.7 Å². The minimum absolute atomic E-state index is 0.227. The molecular formula is C17H22BrN3. The zero-order valence-corrected chi connectivity index (χ0v) is 14.7. The van der Waals surface area contributed by atoms with E-state index in [0.29, 0.717) is 0 Å². The molecule has 0 spiro atoms. The largest absolute Gasteiger partial charge is 0.369 e. The zero-order chi connectivity index (χ0) is 15.5. The number of hydrogen-bond donors (Lipinski definition) is 1. The minimum atomic E-state index is -0.227. The van der Waals surface area contributed by atoms with Crippen LogP contribution in [0, 0.1) is 6.92 Å². The predicted octanol–water partition coefficient (Wildman–Crippen LogP) is 4.70. The number of anilines is 1. The molecule has 0 saturated heterocycles. The Labute approximate surface area is 135 Å². The summed E-state index contributed by atoms with van der Waals surface area (Å²) in [4.78, 5) is 9.44. The van der Waals surface area contributed by atoms with Crippen LogP contribution < -0.4 is 5.32 Å². The molecule has 0 aliphatic carbocycles. The van der Waals surface area contributed by atoms with Crippen molar-refractivity contribution in [3.05, 3.63) is 51.9 Å². The summed E-state index contributed by atoms with van der Waals surface area (Å²) in [6.07, 6.45) is 1.06. The number of nitrogens with one attached hydrogen (secondary N) is 1. The summed E-state index contributed by atoms with van der Waals surface area (Å²) in [5, 5.41) is 3.37. The van der Waals surface area contributed by atoms with Gasteiger partial charge in [-0.2, -0.15) is 0 Å². The number of aromatic nitrogens is 2. The van der Waals surface area contributed by atoms with E-state index < -0.39 is 0 Å². The average Bonchev–Trinajstić information content (AvgIpc) is 2.49. The smallest absolute Gasteiger partial charge is 0.144 e. The Morgan fingerprint density at radius 1 is 1.14 bits per heavy atom. The molecule has 0 unspecified atom stereocenters. The van der Waals surface area contributed by atoms with Gasteiger partial charge < -0.3 is 5.32 Å². The van der Waals surface area contributed by atoms with Gasteiger partial charge in [-0.3, -0.25) is 0 Å². The summed E-state index contributed by atoms with van der Waals surface area (Å²) in [6, 6.07) is 10.4. The highest BCUT2D eigenvalue weighted by Crippen LogP contribution is 2.32. The van der Waals surface area contributed by atoms with Gasteiger partial charge in [-0.1, -0.05) is 37.3 Å². The van der Waals surface area contributed by atoms with Crippen LogP contribution in [-0.4, -0.2) is 16.5 Å². The van der Waals surface area contributed by atoms with Crippen molar-refractivity contribution in [1.29, 1.82) is 0 Å². The van der Waals surface area contributed by atoms with E-state index in [4.69, 9.17) is 9.97 Å². The average molecular weight is 348 g/mol. The van der Waals surface area contributed by atoms with Crippen LogP contribution in [0.2, 0.25) is 0 Å². The van der Waals surface area contributed by atoms with Crippen LogP contribution in [0.1, 0.15) is 44.3 Å². The first-order valence-electron chi connectivity index (χ1n) is 7.30. The lowest BCUT2D eigenvalue weighted by Crippen LogP contribution is -2.24. The van der Waals surface area contributed by atoms with Gasteiger partial charge in [-0.25, -0.2) is 9.97 Å². The second-order valence-corrected chi connectivity index (χ2v) is 6.51. The highest BCUT2D eigenvalue weighted by molar-refractivity contribution is 9.10. The Morgan fingerprint density at radius 2 is 1.81 bits per heavy atom. The van der Waals surface area contributed by atoms with E-state index in [-0.39, 0.29) is 5.41 Å². The monoisotopic (exact) mass is 347 g/mol. The van der Waals surface area contributed by atoms with Gasteiger partial charge in [0.2, 0.25) is 0 Å². The molecule has 1 aromatic heterocycles. The lowest BCUT2D eigenvalue weighted by molar-refractivity contribution is 0.587. The fraction of sp³-hybridized carbons (Fsp3) is 0.412.